The summed E-state index contributed by atoms with van der Waals surface area (Å²) in [7, 11) is 0. The van der Waals surface area contributed by atoms with Gasteiger partial charge in [0, 0.05) is 38.3 Å². The second-order valence-electron chi connectivity index (χ2n) is 19.3. The van der Waals surface area contributed by atoms with E-state index >= 15 is 0 Å². The average Bonchev–Trinajstić information content (AvgIpc) is 3.72. The van der Waals surface area contributed by atoms with E-state index in [9.17, 15) is 5.11 Å². The van der Waals surface area contributed by atoms with E-state index in [-0.39, 0.29) is 53.1 Å². The number of rotatable bonds is 10. The molecule has 7 nitrogen and oxygen atoms in total. The van der Waals surface area contributed by atoms with Gasteiger partial charge in [-0.15, -0.1) is 0 Å². The molecule has 5 aliphatic carbocycles. The molecule has 0 bridgehead atoms. The quantitative estimate of drug-likeness (QED) is 0.266. The van der Waals surface area contributed by atoms with Crippen LogP contribution in [-0.4, -0.2) is 85.8 Å². The lowest BCUT2D eigenvalue weighted by atomic mass is 9.41. The molecule has 51 heavy (non-hydrogen) atoms. The van der Waals surface area contributed by atoms with Crippen LogP contribution in [0.4, 0.5) is 0 Å². The largest absolute Gasteiger partial charge is 0.391 e. The highest BCUT2D eigenvalue weighted by atomic mass is 16.7. The minimum Gasteiger partial charge on any atom is -0.391 e. The van der Waals surface area contributed by atoms with E-state index in [1.807, 2.05) is 13.8 Å². The van der Waals surface area contributed by atoms with Crippen molar-refractivity contribution in [1.29, 1.82) is 0 Å². The molecule has 1 N–H and O–H groups in total. The van der Waals surface area contributed by atoms with Gasteiger partial charge in [-0.05, 0) is 123 Å². The first-order valence-corrected chi connectivity index (χ1v) is 21.0. The summed E-state index contributed by atoms with van der Waals surface area (Å²) >= 11 is 0. The lowest BCUT2D eigenvalue weighted by Crippen LogP contribution is -2.60. The van der Waals surface area contributed by atoms with Crippen molar-refractivity contribution in [3.63, 3.8) is 0 Å². The van der Waals surface area contributed by atoms with Gasteiger partial charge in [0.05, 0.1) is 37.1 Å². The Morgan fingerprint density at radius 3 is 2.43 bits per heavy atom. The number of ether oxygens (including phenoxy) is 5. The minimum atomic E-state index is -0.565. The second-order valence-corrected chi connectivity index (χ2v) is 19.3. The number of morpholine rings is 1. The molecule has 2 saturated heterocycles. The van der Waals surface area contributed by atoms with Crippen LogP contribution in [0.25, 0.3) is 0 Å². The van der Waals surface area contributed by atoms with Crippen molar-refractivity contribution >= 4 is 0 Å². The van der Waals surface area contributed by atoms with Crippen LogP contribution in [0, 0.1) is 50.7 Å². The number of fused-ring (bicyclic) bond motifs is 4. The topological polar surface area (TPSA) is 69.6 Å². The molecule has 0 amide bonds. The van der Waals surface area contributed by atoms with E-state index in [1.165, 1.54) is 44.1 Å². The normalized spacial score (nSPS) is 48.4. The predicted molar refractivity (Wildman–Crippen MR) is 199 cm³/mol. The fourth-order valence-corrected chi connectivity index (χ4v) is 14.9. The number of nitrogens with zero attached hydrogens (tertiary/aromatic N) is 1. The predicted octanol–water partition coefficient (Wildman–Crippen LogP) is 7.87. The fraction of sp³-hybridized carbons (Fsp3) is 0.864. The molecular weight excluding hydrogens is 638 g/mol. The first-order chi connectivity index (χ1) is 24.4. The number of aliphatic hydroxyl groups is 1. The Bertz CT molecular complexity index is 1390. The van der Waals surface area contributed by atoms with Gasteiger partial charge in [-0.25, -0.2) is 0 Å². The highest BCUT2D eigenvalue weighted by Crippen LogP contribution is 2.89. The van der Waals surface area contributed by atoms with Crippen LogP contribution in [0.15, 0.2) is 30.3 Å². The summed E-state index contributed by atoms with van der Waals surface area (Å²) in [6.07, 6.45) is 9.06. The van der Waals surface area contributed by atoms with Gasteiger partial charge in [0.2, 0.25) is 0 Å². The summed E-state index contributed by atoms with van der Waals surface area (Å²) in [6, 6.07) is 10.8. The number of aliphatic hydroxyl groups excluding tert-OH is 1. The third-order valence-electron chi connectivity index (χ3n) is 17.0. The highest BCUT2D eigenvalue weighted by molar-refractivity contribution is 5.33. The lowest BCUT2D eigenvalue weighted by Gasteiger charge is -2.64. The molecule has 5 saturated carbocycles. The maximum absolute atomic E-state index is 10.8. The minimum absolute atomic E-state index is 0.0375. The molecule has 0 aromatic heterocycles. The standard InChI is InChI=1S/C44H69NO6/c1-9-47-37(29(4)46)31-24-28(3)36-38(50-31)39(48-10-2)42(8)33-17-16-32-40(5,6)34(18-19-43(32)27-44(33,43)21-20-41(36,42)7)51-35-26-45(22-23-49-35)25-30-14-12-11-13-15-30/h11-15,28-29,31-39,46H,9-10,16-27H2,1-8H3/t28-,29?,31?,32+,33?,34?,35?,36+,37?,38?,39+,41?,42-,43?,44?/m1/s1. The van der Waals surface area contributed by atoms with Gasteiger partial charge in [-0.3, -0.25) is 4.90 Å². The maximum atomic E-state index is 10.8. The van der Waals surface area contributed by atoms with Gasteiger partial charge in [0.25, 0.3) is 0 Å². The first kappa shape index (κ1) is 36.9. The van der Waals surface area contributed by atoms with Crippen LogP contribution in [0.1, 0.15) is 112 Å². The summed E-state index contributed by atoms with van der Waals surface area (Å²) in [5.74, 6) is 2.25. The Labute approximate surface area is 308 Å². The number of hydrogen-bond acceptors (Lipinski definition) is 7. The van der Waals surface area contributed by atoms with Gasteiger partial charge in [-0.2, -0.15) is 0 Å². The monoisotopic (exact) mass is 708 g/mol. The zero-order valence-electron chi connectivity index (χ0n) is 33.1. The summed E-state index contributed by atoms with van der Waals surface area (Å²) in [5, 5.41) is 10.8. The van der Waals surface area contributed by atoms with Crippen LogP contribution in [-0.2, 0) is 30.2 Å². The van der Waals surface area contributed by atoms with E-state index in [4.69, 9.17) is 23.7 Å². The van der Waals surface area contributed by atoms with Crippen LogP contribution >= 0.6 is 0 Å². The molecule has 2 heterocycles. The number of benzene rings is 1. The summed E-state index contributed by atoms with van der Waals surface area (Å²) < 4.78 is 33.6. The van der Waals surface area contributed by atoms with Gasteiger partial charge >= 0.3 is 0 Å². The third-order valence-corrected chi connectivity index (χ3v) is 17.0. The van der Waals surface area contributed by atoms with Gasteiger partial charge in [-0.1, -0.05) is 65.0 Å². The molecule has 2 spiro atoms. The average molecular weight is 708 g/mol. The Kier molecular flexibility index (Phi) is 9.63. The van der Waals surface area contributed by atoms with Crippen molar-refractivity contribution in [2.24, 2.45) is 50.7 Å². The molecular formula is C44H69NO6. The van der Waals surface area contributed by atoms with E-state index in [1.54, 1.807) is 0 Å². The zero-order valence-corrected chi connectivity index (χ0v) is 33.1. The van der Waals surface area contributed by atoms with Crippen molar-refractivity contribution in [3.8, 4) is 0 Å². The molecule has 7 heteroatoms. The van der Waals surface area contributed by atoms with E-state index in [0.29, 0.717) is 47.7 Å². The Morgan fingerprint density at radius 1 is 0.961 bits per heavy atom. The molecule has 7 aliphatic rings. The van der Waals surface area contributed by atoms with Crippen LogP contribution in [0.2, 0.25) is 0 Å². The van der Waals surface area contributed by atoms with Gasteiger partial charge < -0.3 is 28.8 Å². The molecule has 0 radical (unpaired) electrons. The smallest absolute Gasteiger partial charge is 0.170 e. The second kappa shape index (κ2) is 13.3. The summed E-state index contributed by atoms with van der Waals surface area (Å²) in [6.45, 7) is 23.6. The van der Waals surface area contributed by atoms with Crippen molar-refractivity contribution in [1.82, 2.24) is 4.90 Å². The van der Waals surface area contributed by atoms with Crippen LogP contribution in [0.5, 0.6) is 0 Å². The SMILES string of the molecule is CCOC(C(C)O)C1C[C@@H](C)[C@H]2C(O1)[C@H](OCC)[C@@]1(C)C3CC[C@H]4C(C)(C)C(OC5CN(Cc6ccccc6)CCO5)CCC45CC35CCC21C. The molecule has 1 aromatic rings. The van der Waals surface area contributed by atoms with Gasteiger partial charge in [0.1, 0.15) is 6.10 Å². The van der Waals surface area contributed by atoms with E-state index in [0.717, 1.165) is 39.1 Å². The van der Waals surface area contributed by atoms with Crippen molar-refractivity contribution in [2.75, 3.05) is 32.9 Å². The van der Waals surface area contributed by atoms with Crippen molar-refractivity contribution < 1.29 is 28.8 Å². The van der Waals surface area contributed by atoms with E-state index < -0.39 is 6.10 Å². The van der Waals surface area contributed by atoms with Crippen molar-refractivity contribution in [3.05, 3.63) is 35.9 Å². The van der Waals surface area contributed by atoms with Crippen LogP contribution in [0.3, 0.4) is 0 Å². The molecule has 15 atom stereocenters. The molecule has 286 valence electrons. The summed E-state index contributed by atoms with van der Waals surface area (Å²) in [5.41, 5.74) is 2.44. The molecule has 1 aromatic carbocycles. The third kappa shape index (κ3) is 5.43. The summed E-state index contributed by atoms with van der Waals surface area (Å²) in [4.78, 5) is 2.50. The van der Waals surface area contributed by atoms with Gasteiger partial charge in [0.15, 0.2) is 6.29 Å². The highest BCUT2D eigenvalue weighted by Gasteiger charge is 2.85. The Hall–Kier alpha value is -1.06. The molecule has 10 unspecified atom stereocenters. The first-order valence-electron chi connectivity index (χ1n) is 21.0. The number of hydrogen-bond donors (Lipinski definition) is 1. The molecule has 7 fully saturated rings. The maximum Gasteiger partial charge on any atom is 0.170 e. The fourth-order valence-electron chi connectivity index (χ4n) is 14.9. The molecule has 2 aliphatic heterocycles. The van der Waals surface area contributed by atoms with Crippen molar-refractivity contribution in [2.45, 2.75) is 156 Å². The van der Waals surface area contributed by atoms with Crippen LogP contribution < -0.4 is 0 Å². The lowest BCUT2D eigenvalue weighted by molar-refractivity contribution is -0.250. The van der Waals surface area contributed by atoms with E-state index in [2.05, 4.69) is 76.8 Å². The molecule has 8 rings (SSSR count). The Morgan fingerprint density at radius 2 is 1.71 bits per heavy atom. The Balaban J connectivity index is 1.02. The zero-order chi connectivity index (χ0) is 36.0.